The van der Waals surface area contributed by atoms with Crippen molar-refractivity contribution in [2.75, 3.05) is 30.8 Å². The molecular formula is C24H24FN7O. The van der Waals surface area contributed by atoms with Crippen LogP contribution < -0.4 is 21.9 Å². The van der Waals surface area contributed by atoms with Crippen molar-refractivity contribution < 1.29 is 4.39 Å². The maximum Gasteiger partial charge on any atom is 0.260 e. The molecule has 1 fully saturated rings. The number of rotatable bonds is 4. The summed E-state index contributed by atoms with van der Waals surface area (Å²) in [6.07, 6.45) is 3.19. The second kappa shape index (κ2) is 9.22. The lowest BCUT2D eigenvalue weighted by atomic mass is 10.1. The van der Waals surface area contributed by atoms with Crippen LogP contribution in [0.4, 0.5) is 15.9 Å². The molecule has 0 amide bonds. The van der Waals surface area contributed by atoms with Crippen molar-refractivity contribution in [2.45, 2.75) is 18.9 Å². The van der Waals surface area contributed by atoms with E-state index in [4.69, 9.17) is 21.7 Å². The van der Waals surface area contributed by atoms with Gasteiger partial charge in [0.15, 0.2) is 0 Å². The number of nitriles is 1. The summed E-state index contributed by atoms with van der Waals surface area (Å²) in [6, 6.07) is 12.7. The van der Waals surface area contributed by atoms with E-state index in [2.05, 4.69) is 4.99 Å². The molecule has 0 spiro atoms. The molecule has 8 nitrogen and oxygen atoms in total. The largest absolute Gasteiger partial charge is 0.398 e. The monoisotopic (exact) mass is 445 g/mol. The summed E-state index contributed by atoms with van der Waals surface area (Å²) in [6.45, 7) is 1.36. The highest BCUT2D eigenvalue weighted by Gasteiger charge is 2.21. The van der Waals surface area contributed by atoms with Gasteiger partial charge in [0.05, 0.1) is 11.3 Å². The zero-order valence-electron chi connectivity index (χ0n) is 18.2. The van der Waals surface area contributed by atoms with E-state index in [1.54, 1.807) is 37.5 Å². The molecule has 1 aromatic heterocycles. The van der Waals surface area contributed by atoms with E-state index in [-0.39, 0.29) is 23.0 Å². The highest BCUT2D eigenvalue weighted by atomic mass is 19.1. The molecule has 2 heterocycles. The minimum absolute atomic E-state index is 0.0808. The lowest BCUT2D eigenvalue weighted by molar-refractivity contribution is 0.498. The predicted molar refractivity (Wildman–Crippen MR) is 127 cm³/mol. The van der Waals surface area contributed by atoms with Gasteiger partial charge in [0.25, 0.3) is 5.56 Å². The quantitative estimate of drug-likeness (QED) is 0.469. The summed E-state index contributed by atoms with van der Waals surface area (Å²) >= 11 is 0. The summed E-state index contributed by atoms with van der Waals surface area (Å²) in [7, 11) is 1.63. The maximum absolute atomic E-state index is 14.5. The number of nitrogens with zero attached hydrogens (tertiary/aromatic N) is 5. The summed E-state index contributed by atoms with van der Waals surface area (Å²) in [5.74, 6) is 0.0925. The molecule has 0 aliphatic carbocycles. The molecule has 3 aromatic rings. The number of aliphatic imine (C=N–C) groups is 1. The van der Waals surface area contributed by atoms with Crippen molar-refractivity contribution in [2.24, 2.45) is 10.7 Å². The molecule has 0 saturated carbocycles. The van der Waals surface area contributed by atoms with Crippen LogP contribution in [-0.4, -0.2) is 41.9 Å². The first-order valence-electron chi connectivity index (χ1n) is 10.6. The molecule has 1 saturated heterocycles. The average molecular weight is 446 g/mol. The van der Waals surface area contributed by atoms with Gasteiger partial charge in [-0.1, -0.05) is 0 Å². The Kier molecular flexibility index (Phi) is 6.20. The summed E-state index contributed by atoms with van der Waals surface area (Å²) in [5.41, 5.74) is 13.7. The molecule has 33 heavy (non-hydrogen) atoms. The van der Waals surface area contributed by atoms with E-state index in [0.29, 0.717) is 41.4 Å². The van der Waals surface area contributed by atoms with Crippen molar-refractivity contribution in [3.8, 4) is 23.1 Å². The number of hydrogen-bond acceptors (Lipinski definition) is 7. The molecule has 1 aliphatic heterocycles. The number of nitrogen functional groups attached to an aromatic ring is 1. The van der Waals surface area contributed by atoms with Gasteiger partial charge in [0, 0.05) is 55.3 Å². The Hall–Kier alpha value is -4.03. The molecule has 4 N–H and O–H groups in total. The fourth-order valence-corrected chi connectivity index (χ4v) is 3.90. The minimum atomic E-state index is -0.679. The maximum atomic E-state index is 14.5. The van der Waals surface area contributed by atoms with Crippen molar-refractivity contribution in [3.05, 3.63) is 69.8 Å². The van der Waals surface area contributed by atoms with E-state index in [1.807, 2.05) is 11.0 Å². The summed E-state index contributed by atoms with van der Waals surface area (Å²) in [4.78, 5) is 24.1. The van der Waals surface area contributed by atoms with Crippen LogP contribution in [0.1, 0.15) is 24.0 Å². The molecule has 0 bridgehead atoms. The molecule has 0 atom stereocenters. The zero-order chi connectivity index (χ0) is 23.5. The van der Waals surface area contributed by atoms with Gasteiger partial charge in [-0.15, -0.1) is 0 Å². The van der Waals surface area contributed by atoms with Gasteiger partial charge in [-0.2, -0.15) is 5.26 Å². The normalized spacial score (nSPS) is 14.5. The molecule has 0 radical (unpaired) electrons. The fraction of sp³-hybridized carbons (Fsp3) is 0.250. The van der Waals surface area contributed by atoms with E-state index in [1.165, 1.54) is 22.8 Å². The van der Waals surface area contributed by atoms with Crippen LogP contribution in [0, 0.1) is 17.1 Å². The average Bonchev–Trinajstić information content (AvgIpc) is 2.81. The molecule has 2 aromatic carbocycles. The van der Waals surface area contributed by atoms with Crippen molar-refractivity contribution >= 4 is 17.7 Å². The SMILES string of the molecule is CN=Cc1cc(-n2c(-c3ccc(C#N)c(F)c3)nc(N3CCC(N)CC3)cc2=O)ccc1N. The van der Waals surface area contributed by atoms with Gasteiger partial charge in [-0.05, 0) is 49.2 Å². The third-order valence-corrected chi connectivity index (χ3v) is 5.71. The molecule has 1 aliphatic rings. The van der Waals surface area contributed by atoms with Crippen LogP contribution in [0.3, 0.4) is 0 Å². The van der Waals surface area contributed by atoms with Crippen molar-refractivity contribution in [3.63, 3.8) is 0 Å². The van der Waals surface area contributed by atoms with Gasteiger partial charge in [-0.3, -0.25) is 14.4 Å². The molecule has 0 unspecified atom stereocenters. The van der Waals surface area contributed by atoms with Crippen LogP contribution in [0.25, 0.3) is 17.1 Å². The van der Waals surface area contributed by atoms with Crippen molar-refractivity contribution in [1.29, 1.82) is 5.26 Å². The van der Waals surface area contributed by atoms with Crippen LogP contribution in [0.15, 0.2) is 52.3 Å². The molecular weight excluding hydrogens is 421 g/mol. The smallest absolute Gasteiger partial charge is 0.260 e. The van der Waals surface area contributed by atoms with Crippen LogP contribution in [-0.2, 0) is 0 Å². The Morgan fingerprint density at radius 2 is 1.97 bits per heavy atom. The second-order valence-corrected chi connectivity index (χ2v) is 7.94. The minimum Gasteiger partial charge on any atom is -0.398 e. The van der Waals surface area contributed by atoms with Gasteiger partial charge in [-0.25, -0.2) is 9.37 Å². The van der Waals surface area contributed by atoms with E-state index < -0.39 is 5.82 Å². The Bertz CT molecular complexity index is 1320. The number of anilines is 2. The van der Waals surface area contributed by atoms with E-state index >= 15 is 0 Å². The van der Waals surface area contributed by atoms with E-state index in [0.717, 1.165) is 12.8 Å². The lowest BCUT2D eigenvalue weighted by Crippen LogP contribution is -2.40. The number of hydrogen-bond donors (Lipinski definition) is 2. The first-order chi connectivity index (χ1) is 15.9. The third-order valence-electron chi connectivity index (χ3n) is 5.71. The number of benzene rings is 2. The number of halogens is 1. The van der Waals surface area contributed by atoms with Crippen LogP contribution in [0.2, 0.25) is 0 Å². The van der Waals surface area contributed by atoms with Crippen LogP contribution >= 0.6 is 0 Å². The number of nitrogens with two attached hydrogens (primary N) is 2. The van der Waals surface area contributed by atoms with Gasteiger partial charge in [0.2, 0.25) is 0 Å². The van der Waals surface area contributed by atoms with Gasteiger partial charge in [0.1, 0.15) is 23.5 Å². The summed E-state index contributed by atoms with van der Waals surface area (Å²) in [5, 5.41) is 9.10. The van der Waals surface area contributed by atoms with Gasteiger partial charge < -0.3 is 16.4 Å². The van der Waals surface area contributed by atoms with E-state index in [9.17, 15) is 9.18 Å². The number of piperidine rings is 1. The first-order valence-corrected chi connectivity index (χ1v) is 10.6. The topological polar surface area (TPSA) is 126 Å². The standard InChI is InChI=1S/C24H24FN7O/c1-29-14-17-10-19(4-5-21(17)28)32-23(33)12-22(31-8-6-18(27)7-9-31)30-24(32)15-2-3-16(13-26)20(25)11-15/h2-5,10-12,14,18H,6-9,27-28H2,1H3. The molecule has 4 rings (SSSR count). The van der Waals surface area contributed by atoms with Gasteiger partial charge >= 0.3 is 0 Å². The second-order valence-electron chi connectivity index (χ2n) is 7.94. The lowest BCUT2D eigenvalue weighted by Gasteiger charge is -2.31. The highest BCUT2D eigenvalue weighted by molar-refractivity contribution is 5.87. The highest BCUT2D eigenvalue weighted by Crippen LogP contribution is 2.26. The van der Waals surface area contributed by atoms with Crippen LogP contribution in [0.5, 0.6) is 0 Å². The fourth-order valence-electron chi connectivity index (χ4n) is 3.90. The zero-order valence-corrected chi connectivity index (χ0v) is 18.2. The van der Waals surface area contributed by atoms with Crippen molar-refractivity contribution in [1.82, 2.24) is 9.55 Å². The Balaban J connectivity index is 1.92. The summed E-state index contributed by atoms with van der Waals surface area (Å²) < 4.78 is 15.9. The Labute approximate surface area is 190 Å². The first kappa shape index (κ1) is 22.2. The Morgan fingerprint density at radius 1 is 1.21 bits per heavy atom. The predicted octanol–water partition coefficient (Wildman–Crippen LogP) is 2.47. The molecule has 168 valence electrons. The third kappa shape index (κ3) is 4.47. The molecule has 9 heteroatoms. The Morgan fingerprint density at radius 3 is 2.64 bits per heavy atom. The number of aromatic nitrogens is 2.